The Labute approximate surface area is 79.0 Å². The van der Waals surface area contributed by atoms with E-state index in [0.717, 1.165) is 0 Å². The van der Waals surface area contributed by atoms with Crippen molar-refractivity contribution in [3.63, 3.8) is 0 Å². The minimum Gasteiger partial charge on any atom is -0.374 e. The average Bonchev–Trinajstić information content (AvgIpc) is 2.52. The van der Waals surface area contributed by atoms with E-state index in [1.54, 1.807) is 6.92 Å². The number of carbonyl (C=O) groups is 1. The summed E-state index contributed by atoms with van der Waals surface area (Å²) in [6.45, 7) is 2.24. The Morgan fingerprint density at radius 1 is 1.46 bits per heavy atom. The highest BCUT2D eigenvalue weighted by molar-refractivity contribution is 5.81. The van der Waals surface area contributed by atoms with Gasteiger partial charge in [0.1, 0.15) is 5.78 Å². The lowest BCUT2D eigenvalue weighted by Gasteiger charge is -2.40. The van der Waals surface area contributed by atoms with Crippen molar-refractivity contribution in [3.8, 4) is 0 Å². The van der Waals surface area contributed by atoms with Crippen LogP contribution in [0, 0.1) is 0 Å². The highest BCUT2D eigenvalue weighted by atomic mass is 16.5. The van der Waals surface area contributed by atoms with E-state index in [9.17, 15) is 4.79 Å². The molecule has 0 aromatic heterocycles. The highest BCUT2D eigenvalue weighted by Gasteiger charge is 2.40. The van der Waals surface area contributed by atoms with Gasteiger partial charge >= 0.3 is 0 Å². The predicted octanol–water partition coefficient (Wildman–Crippen LogP) is 0.827. The van der Waals surface area contributed by atoms with Crippen LogP contribution in [0.5, 0.6) is 0 Å². The zero-order valence-corrected chi connectivity index (χ0v) is 8.32. The molecule has 0 N–H and O–H groups in total. The topological polar surface area (TPSA) is 29.5 Å². The molecule has 13 heavy (non-hydrogen) atoms. The summed E-state index contributed by atoms with van der Waals surface area (Å²) in [5.74, 6) is 0.229. The number of nitrogens with zero attached hydrogens (tertiary/aromatic N) is 1. The van der Waals surface area contributed by atoms with Crippen LogP contribution in [0.2, 0.25) is 0 Å². The van der Waals surface area contributed by atoms with Crippen molar-refractivity contribution in [2.75, 3.05) is 13.7 Å². The molecular weight excluding hydrogens is 166 g/mol. The molecule has 2 aliphatic rings. The van der Waals surface area contributed by atoms with E-state index >= 15 is 0 Å². The lowest BCUT2D eigenvalue weighted by atomic mass is 10.1. The fourth-order valence-electron chi connectivity index (χ4n) is 2.53. The van der Waals surface area contributed by atoms with Crippen molar-refractivity contribution >= 4 is 5.78 Å². The third kappa shape index (κ3) is 1.51. The van der Waals surface area contributed by atoms with Crippen LogP contribution in [0.1, 0.15) is 26.2 Å². The Balaban J connectivity index is 2.08. The van der Waals surface area contributed by atoms with E-state index in [1.165, 1.54) is 19.3 Å². The number of ether oxygens (including phenoxy) is 1. The maximum absolute atomic E-state index is 11.3. The maximum atomic E-state index is 11.3. The second-order valence-electron chi connectivity index (χ2n) is 4.16. The van der Waals surface area contributed by atoms with Gasteiger partial charge in [-0.25, -0.2) is 0 Å². The molecule has 2 fully saturated rings. The van der Waals surface area contributed by atoms with Crippen LogP contribution in [-0.4, -0.2) is 42.5 Å². The number of ketones is 1. The van der Waals surface area contributed by atoms with Gasteiger partial charge in [-0.05, 0) is 33.2 Å². The van der Waals surface area contributed by atoms with Crippen molar-refractivity contribution in [1.29, 1.82) is 0 Å². The molecule has 1 heterocycles. The Morgan fingerprint density at radius 3 is 2.92 bits per heavy atom. The Hall–Kier alpha value is -0.410. The van der Waals surface area contributed by atoms with Gasteiger partial charge in [0.25, 0.3) is 0 Å². The largest absolute Gasteiger partial charge is 0.374 e. The van der Waals surface area contributed by atoms with Crippen LogP contribution in [-0.2, 0) is 9.53 Å². The quantitative estimate of drug-likeness (QED) is 0.603. The van der Waals surface area contributed by atoms with Crippen LogP contribution in [0.25, 0.3) is 0 Å². The molecular formula is C10H17NO2. The number of Topliss-reactive ketones (excluding diaryl/α,β-unsaturated/α-hetero) is 1. The number of carbonyl (C=O) groups excluding carboxylic acids is 1. The highest BCUT2D eigenvalue weighted by Crippen LogP contribution is 2.30. The molecule has 3 nitrogen and oxygen atoms in total. The molecule has 3 heteroatoms. The number of fused-ring (bicyclic) bond motifs is 1. The Morgan fingerprint density at radius 2 is 2.23 bits per heavy atom. The van der Waals surface area contributed by atoms with Gasteiger partial charge in [-0.2, -0.15) is 0 Å². The van der Waals surface area contributed by atoms with E-state index in [-0.39, 0.29) is 11.8 Å². The zero-order chi connectivity index (χ0) is 9.42. The van der Waals surface area contributed by atoms with Gasteiger partial charge in [-0.1, -0.05) is 0 Å². The predicted molar refractivity (Wildman–Crippen MR) is 49.6 cm³/mol. The SMILES string of the molecule is CC(=O)C1COC2CCCC2N1C. The van der Waals surface area contributed by atoms with Gasteiger partial charge in [-0.15, -0.1) is 0 Å². The van der Waals surface area contributed by atoms with E-state index in [1.807, 2.05) is 0 Å². The molecule has 0 spiro atoms. The minimum atomic E-state index is -0.000602. The second-order valence-corrected chi connectivity index (χ2v) is 4.16. The average molecular weight is 183 g/mol. The number of hydrogen-bond acceptors (Lipinski definition) is 3. The Bertz CT molecular complexity index is 217. The van der Waals surface area contributed by atoms with Crippen molar-refractivity contribution in [2.45, 2.75) is 44.4 Å². The number of hydrogen-bond donors (Lipinski definition) is 0. The molecule has 0 radical (unpaired) electrons. The molecule has 1 saturated carbocycles. The van der Waals surface area contributed by atoms with Crippen molar-refractivity contribution in [1.82, 2.24) is 4.90 Å². The molecule has 3 unspecified atom stereocenters. The minimum absolute atomic E-state index is 0.000602. The first-order chi connectivity index (χ1) is 6.20. The number of likely N-dealkylation sites (N-methyl/N-ethyl adjacent to an activating group) is 1. The van der Waals surface area contributed by atoms with Crippen molar-refractivity contribution in [2.24, 2.45) is 0 Å². The lowest BCUT2D eigenvalue weighted by molar-refractivity contribution is -0.135. The summed E-state index contributed by atoms with van der Waals surface area (Å²) >= 11 is 0. The molecule has 1 aliphatic carbocycles. The molecule has 0 amide bonds. The van der Waals surface area contributed by atoms with Gasteiger partial charge in [-0.3, -0.25) is 9.69 Å². The van der Waals surface area contributed by atoms with Gasteiger partial charge in [0.2, 0.25) is 0 Å². The van der Waals surface area contributed by atoms with Crippen LogP contribution in [0.15, 0.2) is 0 Å². The third-order valence-electron chi connectivity index (χ3n) is 3.37. The summed E-state index contributed by atoms with van der Waals surface area (Å²) in [5, 5.41) is 0. The smallest absolute Gasteiger partial charge is 0.149 e. The summed E-state index contributed by atoms with van der Waals surface area (Å²) < 4.78 is 5.68. The van der Waals surface area contributed by atoms with E-state index in [2.05, 4.69) is 11.9 Å². The van der Waals surface area contributed by atoms with Crippen LogP contribution < -0.4 is 0 Å². The molecule has 0 bridgehead atoms. The van der Waals surface area contributed by atoms with E-state index in [4.69, 9.17) is 4.74 Å². The van der Waals surface area contributed by atoms with Crippen molar-refractivity contribution < 1.29 is 9.53 Å². The van der Waals surface area contributed by atoms with Crippen LogP contribution in [0.4, 0.5) is 0 Å². The fraction of sp³-hybridized carbons (Fsp3) is 0.900. The maximum Gasteiger partial charge on any atom is 0.149 e. The van der Waals surface area contributed by atoms with Gasteiger partial charge in [0.05, 0.1) is 18.8 Å². The monoisotopic (exact) mass is 183 g/mol. The number of rotatable bonds is 1. The summed E-state index contributed by atoms with van der Waals surface area (Å²) in [5.41, 5.74) is 0. The molecule has 0 aromatic rings. The molecule has 0 aromatic carbocycles. The van der Waals surface area contributed by atoms with Crippen LogP contribution >= 0.6 is 0 Å². The first-order valence-corrected chi connectivity index (χ1v) is 5.04. The van der Waals surface area contributed by atoms with Crippen LogP contribution in [0.3, 0.4) is 0 Å². The van der Waals surface area contributed by atoms with E-state index in [0.29, 0.717) is 18.8 Å². The summed E-state index contributed by atoms with van der Waals surface area (Å²) in [6.07, 6.45) is 3.98. The molecule has 3 atom stereocenters. The lowest BCUT2D eigenvalue weighted by Crippen LogP contribution is -2.55. The molecule has 2 rings (SSSR count). The summed E-state index contributed by atoms with van der Waals surface area (Å²) in [4.78, 5) is 13.5. The van der Waals surface area contributed by atoms with Crippen molar-refractivity contribution in [3.05, 3.63) is 0 Å². The number of morpholine rings is 1. The summed E-state index contributed by atoms with van der Waals surface area (Å²) in [6, 6.07) is 0.488. The second kappa shape index (κ2) is 3.39. The first kappa shape index (κ1) is 9.16. The first-order valence-electron chi connectivity index (χ1n) is 5.04. The Kier molecular flexibility index (Phi) is 2.39. The fourth-order valence-corrected chi connectivity index (χ4v) is 2.53. The van der Waals surface area contributed by atoms with Gasteiger partial charge < -0.3 is 4.74 Å². The molecule has 74 valence electrons. The third-order valence-corrected chi connectivity index (χ3v) is 3.37. The van der Waals surface area contributed by atoms with E-state index < -0.39 is 0 Å². The normalized spacial score (nSPS) is 40.3. The van der Waals surface area contributed by atoms with Gasteiger partial charge in [0.15, 0.2) is 0 Å². The zero-order valence-electron chi connectivity index (χ0n) is 8.32. The standard InChI is InChI=1S/C10H17NO2/c1-7(12)9-6-13-10-5-3-4-8(10)11(9)2/h8-10H,3-6H2,1-2H3. The van der Waals surface area contributed by atoms with Gasteiger partial charge in [0, 0.05) is 6.04 Å². The summed E-state index contributed by atoms with van der Waals surface area (Å²) in [7, 11) is 2.05. The molecule has 1 aliphatic heterocycles. The molecule has 1 saturated heterocycles.